The third-order valence-electron chi connectivity index (χ3n) is 6.19. The summed E-state index contributed by atoms with van der Waals surface area (Å²) >= 11 is 0. The first-order valence-electron chi connectivity index (χ1n) is 10.7. The average Bonchev–Trinajstić information content (AvgIpc) is 2.80. The molecule has 1 unspecified atom stereocenters. The maximum Gasteiger partial charge on any atom is 0.269 e. The Hall–Kier alpha value is -2.51. The van der Waals surface area contributed by atoms with Crippen molar-refractivity contribution in [3.8, 4) is 5.88 Å². The van der Waals surface area contributed by atoms with Crippen molar-refractivity contribution in [2.24, 2.45) is 5.92 Å². The van der Waals surface area contributed by atoms with E-state index in [-0.39, 0.29) is 11.5 Å². The minimum absolute atomic E-state index is 0.0586. The molecule has 2 aliphatic heterocycles. The van der Waals surface area contributed by atoms with E-state index in [1.165, 1.54) is 0 Å². The first-order valence-corrected chi connectivity index (χ1v) is 10.7. The summed E-state index contributed by atoms with van der Waals surface area (Å²) < 4.78 is 11.5. The Kier molecular flexibility index (Phi) is 6.59. The van der Waals surface area contributed by atoms with Gasteiger partial charge in [0.1, 0.15) is 5.69 Å². The Morgan fingerprint density at radius 3 is 2.90 bits per heavy atom. The van der Waals surface area contributed by atoms with Crippen molar-refractivity contribution in [1.29, 1.82) is 0 Å². The van der Waals surface area contributed by atoms with Crippen LogP contribution in [0.4, 0.5) is 0 Å². The molecule has 7 heteroatoms. The van der Waals surface area contributed by atoms with E-state index in [4.69, 9.17) is 9.47 Å². The SMILES string of the molecule is COc1cccc(CN2CCC3(CC2)CC(CNC(=O)c2ccccn2)CCO3)n1. The number of methoxy groups -OCH3 is 1. The second kappa shape index (κ2) is 9.53. The number of ether oxygens (including phenoxy) is 2. The Balaban J connectivity index is 1.26. The highest BCUT2D eigenvalue weighted by Crippen LogP contribution is 2.37. The molecule has 30 heavy (non-hydrogen) atoms. The summed E-state index contributed by atoms with van der Waals surface area (Å²) in [6, 6.07) is 11.3. The minimum atomic E-state index is -0.100. The Morgan fingerprint density at radius 2 is 2.13 bits per heavy atom. The van der Waals surface area contributed by atoms with E-state index in [9.17, 15) is 4.79 Å². The number of amides is 1. The van der Waals surface area contributed by atoms with Gasteiger partial charge in [0, 0.05) is 45.0 Å². The molecule has 4 heterocycles. The van der Waals surface area contributed by atoms with Gasteiger partial charge in [0.2, 0.25) is 5.88 Å². The Labute approximate surface area is 177 Å². The van der Waals surface area contributed by atoms with Crippen molar-refractivity contribution in [2.45, 2.75) is 37.8 Å². The molecule has 4 rings (SSSR count). The van der Waals surface area contributed by atoms with Crippen LogP contribution in [0.15, 0.2) is 42.6 Å². The van der Waals surface area contributed by atoms with Crippen molar-refractivity contribution in [3.05, 3.63) is 54.0 Å². The molecule has 1 atom stereocenters. The van der Waals surface area contributed by atoms with Crippen molar-refractivity contribution in [2.75, 3.05) is 33.4 Å². The quantitative estimate of drug-likeness (QED) is 0.789. The molecule has 160 valence electrons. The van der Waals surface area contributed by atoms with Crippen molar-refractivity contribution >= 4 is 5.91 Å². The van der Waals surface area contributed by atoms with E-state index in [1.807, 2.05) is 30.3 Å². The summed E-state index contributed by atoms with van der Waals surface area (Å²) in [5, 5.41) is 3.06. The first-order chi connectivity index (χ1) is 14.7. The lowest BCUT2D eigenvalue weighted by Gasteiger charge is -2.46. The van der Waals surface area contributed by atoms with Gasteiger partial charge in [-0.05, 0) is 49.8 Å². The summed E-state index contributed by atoms with van der Waals surface area (Å²) in [4.78, 5) is 23.4. The summed E-state index contributed by atoms with van der Waals surface area (Å²) in [5.74, 6) is 1.00. The third-order valence-corrected chi connectivity index (χ3v) is 6.19. The lowest BCUT2D eigenvalue weighted by atomic mass is 9.79. The topological polar surface area (TPSA) is 76.6 Å². The van der Waals surface area contributed by atoms with Crippen LogP contribution in [0.25, 0.3) is 0 Å². The molecule has 2 fully saturated rings. The average molecular weight is 411 g/mol. The predicted molar refractivity (Wildman–Crippen MR) is 113 cm³/mol. The molecule has 0 bridgehead atoms. The number of carbonyl (C=O) groups is 1. The molecule has 1 spiro atoms. The van der Waals surface area contributed by atoms with Crippen LogP contribution in [0.1, 0.15) is 41.9 Å². The van der Waals surface area contributed by atoms with Gasteiger partial charge in [-0.1, -0.05) is 12.1 Å². The molecule has 7 nitrogen and oxygen atoms in total. The largest absolute Gasteiger partial charge is 0.481 e. The van der Waals surface area contributed by atoms with E-state index in [0.29, 0.717) is 24.0 Å². The minimum Gasteiger partial charge on any atom is -0.481 e. The van der Waals surface area contributed by atoms with Crippen LogP contribution in [0, 0.1) is 5.92 Å². The highest BCUT2D eigenvalue weighted by Gasteiger charge is 2.40. The number of carbonyl (C=O) groups excluding carboxylic acids is 1. The van der Waals surface area contributed by atoms with Crippen molar-refractivity contribution in [3.63, 3.8) is 0 Å². The summed E-state index contributed by atoms with van der Waals surface area (Å²) in [6.07, 6.45) is 5.67. The van der Waals surface area contributed by atoms with Gasteiger partial charge in [-0.2, -0.15) is 0 Å². The number of pyridine rings is 2. The molecule has 2 aromatic rings. The predicted octanol–water partition coefficient (Wildman–Crippen LogP) is 2.68. The molecular weight excluding hydrogens is 380 g/mol. The van der Waals surface area contributed by atoms with Crippen LogP contribution in [-0.4, -0.2) is 59.7 Å². The van der Waals surface area contributed by atoms with Crippen molar-refractivity contribution < 1.29 is 14.3 Å². The Bertz CT molecular complexity index is 837. The van der Waals surface area contributed by atoms with Gasteiger partial charge in [0.15, 0.2) is 0 Å². The molecular formula is C23H30N4O3. The lowest BCUT2D eigenvalue weighted by molar-refractivity contribution is -0.127. The van der Waals surface area contributed by atoms with Crippen LogP contribution >= 0.6 is 0 Å². The van der Waals surface area contributed by atoms with E-state index in [1.54, 1.807) is 19.4 Å². The van der Waals surface area contributed by atoms with E-state index in [2.05, 4.69) is 20.2 Å². The van der Waals surface area contributed by atoms with Crippen LogP contribution in [0.2, 0.25) is 0 Å². The van der Waals surface area contributed by atoms with Crippen LogP contribution in [0.3, 0.4) is 0 Å². The highest BCUT2D eigenvalue weighted by molar-refractivity contribution is 5.92. The third kappa shape index (κ3) is 5.15. The van der Waals surface area contributed by atoms with E-state index >= 15 is 0 Å². The van der Waals surface area contributed by atoms with Gasteiger partial charge >= 0.3 is 0 Å². The fourth-order valence-electron chi connectivity index (χ4n) is 4.48. The van der Waals surface area contributed by atoms with Gasteiger partial charge in [-0.25, -0.2) is 4.98 Å². The lowest BCUT2D eigenvalue weighted by Crippen LogP contribution is -2.50. The molecule has 0 aliphatic carbocycles. The number of nitrogens with zero attached hydrogens (tertiary/aromatic N) is 3. The molecule has 2 aromatic heterocycles. The summed E-state index contributed by atoms with van der Waals surface area (Å²) in [7, 11) is 1.65. The Morgan fingerprint density at radius 1 is 1.27 bits per heavy atom. The van der Waals surface area contributed by atoms with Crippen LogP contribution < -0.4 is 10.1 Å². The fraction of sp³-hybridized carbons (Fsp3) is 0.522. The van der Waals surface area contributed by atoms with Gasteiger partial charge in [0.25, 0.3) is 5.91 Å². The number of hydrogen-bond donors (Lipinski definition) is 1. The van der Waals surface area contributed by atoms with E-state index < -0.39 is 0 Å². The standard InChI is InChI=1S/C23H30N4O3/c1-29-21-7-4-5-19(26-21)17-27-12-9-23(10-13-27)15-18(8-14-30-23)16-25-22(28)20-6-2-3-11-24-20/h2-7,11,18H,8-10,12-17H2,1H3,(H,25,28). The smallest absolute Gasteiger partial charge is 0.269 e. The maximum atomic E-state index is 12.3. The van der Waals surface area contributed by atoms with Gasteiger partial charge < -0.3 is 14.8 Å². The second-order valence-corrected chi connectivity index (χ2v) is 8.26. The fourth-order valence-corrected chi connectivity index (χ4v) is 4.48. The number of hydrogen-bond acceptors (Lipinski definition) is 6. The maximum absolute atomic E-state index is 12.3. The number of aromatic nitrogens is 2. The van der Waals surface area contributed by atoms with Crippen LogP contribution in [0.5, 0.6) is 5.88 Å². The highest BCUT2D eigenvalue weighted by atomic mass is 16.5. The number of rotatable bonds is 6. The molecule has 1 amide bonds. The van der Waals surface area contributed by atoms with Gasteiger partial charge in [0.05, 0.1) is 18.4 Å². The molecule has 1 N–H and O–H groups in total. The van der Waals surface area contributed by atoms with Crippen LogP contribution in [-0.2, 0) is 11.3 Å². The zero-order chi connectivity index (χ0) is 20.8. The van der Waals surface area contributed by atoms with Crippen molar-refractivity contribution in [1.82, 2.24) is 20.2 Å². The zero-order valence-electron chi connectivity index (χ0n) is 17.5. The number of piperidine rings is 1. The normalized spacial score (nSPS) is 21.3. The zero-order valence-corrected chi connectivity index (χ0v) is 17.5. The second-order valence-electron chi connectivity index (χ2n) is 8.26. The van der Waals surface area contributed by atoms with Gasteiger partial charge in [-0.15, -0.1) is 0 Å². The first kappa shape index (κ1) is 20.8. The van der Waals surface area contributed by atoms with E-state index in [0.717, 1.165) is 57.6 Å². The molecule has 0 radical (unpaired) electrons. The summed E-state index contributed by atoms with van der Waals surface area (Å²) in [5.41, 5.74) is 1.44. The summed E-state index contributed by atoms with van der Waals surface area (Å²) in [6.45, 7) is 4.26. The molecule has 0 saturated carbocycles. The molecule has 2 aliphatic rings. The van der Waals surface area contributed by atoms with Gasteiger partial charge in [-0.3, -0.25) is 14.7 Å². The molecule has 0 aromatic carbocycles. The number of likely N-dealkylation sites (tertiary alicyclic amines) is 1. The molecule has 2 saturated heterocycles. The number of nitrogens with one attached hydrogen (secondary N) is 1. The monoisotopic (exact) mass is 410 g/mol.